The molecule has 0 unspecified atom stereocenters. The summed E-state index contributed by atoms with van der Waals surface area (Å²) in [6.07, 6.45) is 4.13. The van der Waals surface area contributed by atoms with E-state index in [2.05, 4.69) is 17.6 Å². The van der Waals surface area contributed by atoms with E-state index in [4.69, 9.17) is 16.7 Å². The molecule has 8 heteroatoms. The van der Waals surface area contributed by atoms with Crippen LogP contribution in [0.15, 0.2) is 24.3 Å². The highest BCUT2D eigenvalue weighted by Gasteiger charge is 2.29. The van der Waals surface area contributed by atoms with Crippen LogP contribution in [0.1, 0.15) is 59.8 Å². The predicted octanol–water partition coefficient (Wildman–Crippen LogP) is 5.36. The molecule has 6 nitrogen and oxygen atoms in total. The lowest BCUT2D eigenvalue weighted by Crippen LogP contribution is -2.19. The Hall–Kier alpha value is -2.38. The quantitative estimate of drug-likeness (QED) is 0.506. The predicted molar refractivity (Wildman–Crippen MR) is 120 cm³/mol. The number of amides is 2. The van der Waals surface area contributed by atoms with E-state index in [0.717, 1.165) is 36.1 Å². The maximum atomic E-state index is 13.1. The highest BCUT2D eigenvalue weighted by atomic mass is 35.5. The van der Waals surface area contributed by atoms with Gasteiger partial charge in [-0.2, -0.15) is 0 Å². The molecule has 0 aliphatic heterocycles. The van der Waals surface area contributed by atoms with Gasteiger partial charge in [-0.05, 0) is 61.4 Å². The summed E-state index contributed by atoms with van der Waals surface area (Å²) in [6.45, 7) is 2.17. The molecule has 0 spiro atoms. The van der Waals surface area contributed by atoms with E-state index in [0.29, 0.717) is 27.2 Å². The molecule has 3 N–H and O–H groups in total. The summed E-state index contributed by atoms with van der Waals surface area (Å²) in [4.78, 5) is 37.3. The number of carbonyl (C=O) groups excluding carboxylic acids is 2. The Morgan fingerprint density at radius 3 is 2.57 bits per heavy atom. The van der Waals surface area contributed by atoms with Gasteiger partial charge < -0.3 is 15.7 Å². The molecule has 1 aromatic carbocycles. The second-order valence-corrected chi connectivity index (χ2v) is 9.02. The van der Waals surface area contributed by atoms with Crippen LogP contribution in [0.25, 0.3) is 0 Å². The largest absolute Gasteiger partial charge is 0.481 e. The van der Waals surface area contributed by atoms with Crippen molar-refractivity contribution in [1.29, 1.82) is 0 Å². The van der Waals surface area contributed by atoms with Crippen molar-refractivity contribution >= 4 is 51.4 Å². The molecule has 0 radical (unpaired) electrons. The van der Waals surface area contributed by atoms with Crippen molar-refractivity contribution in [3.8, 4) is 0 Å². The smallest absolute Gasteiger partial charge is 0.303 e. The van der Waals surface area contributed by atoms with Crippen LogP contribution in [0, 0.1) is 5.92 Å². The summed E-state index contributed by atoms with van der Waals surface area (Å²) in [5, 5.41) is 15.6. The Labute approximate surface area is 184 Å². The van der Waals surface area contributed by atoms with E-state index in [1.807, 2.05) is 0 Å². The average Bonchev–Trinajstić information content (AvgIpc) is 3.06. The molecule has 1 aliphatic carbocycles. The fraction of sp³-hybridized carbons (Fsp3) is 0.409. The van der Waals surface area contributed by atoms with Crippen molar-refractivity contribution in [2.75, 3.05) is 10.6 Å². The van der Waals surface area contributed by atoms with Gasteiger partial charge in [0.25, 0.3) is 5.91 Å². The Bertz CT molecular complexity index is 939. The third-order valence-corrected chi connectivity index (χ3v) is 6.74. The number of carbonyl (C=O) groups is 3. The van der Waals surface area contributed by atoms with Crippen LogP contribution < -0.4 is 10.6 Å². The Morgan fingerprint density at radius 2 is 1.90 bits per heavy atom. The van der Waals surface area contributed by atoms with Gasteiger partial charge >= 0.3 is 5.97 Å². The number of thiophene rings is 1. The number of carboxylic acids is 1. The molecule has 1 aliphatic rings. The zero-order valence-corrected chi connectivity index (χ0v) is 18.4. The lowest BCUT2D eigenvalue weighted by Gasteiger charge is -2.21. The Kier molecular flexibility index (Phi) is 7.50. The number of rotatable bonds is 8. The number of nitrogens with one attached hydrogen (secondary N) is 2. The molecular weight excluding hydrogens is 424 g/mol. The zero-order chi connectivity index (χ0) is 21.7. The molecule has 1 heterocycles. The Balaban J connectivity index is 1.82. The van der Waals surface area contributed by atoms with Gasteiger partial charge in [-0.1, -0.05) is 24.9 Å². The van der Waals surface area contributed by atoms with Crippen LogP contribution in [0.5, 0.6) is 0 Å². The summed E-state index contributed by atoms with van der Waals surface area (Å²) in [7, 11) is 0. The first-order chi connectivity index (χ1) is 14.4. The molecule has 0 saturated heterocycles. The van der Waals surface area contributed by atoms with Crippen LogP contribution in [0.3, 0.4) is 0 Å². The number of benzene rings is 1. The van der Waals surface area contributed by atoms with E-state index in [1.54, 1.807) is 24.3 Å². The van der Waals surface area contributed by atoms with Crippen LogP contribution in [0.2, 0.25) is 5.02 Å². The number of hydrogen-bond donors (Lipinski definition) is 3. The lowest BCUT2D eigenvalue weighted by atomic mass is 9.85. The summed E-state index contributed by atoms with van der Waals surface area (Å²) >= 11 is 7.38. The highest BCUT2D eigenvalue weighted by molar-refractivity contribution is 7.17. The van der Waals surface area contributed by atoms with E-state index < -0.39 is 5.97 Å². The summed E-state index contributed by atoms with van der Waals surface area (Å²) in [6, 6.07) is 6.88. The molecule has 0 fully saturated rings. The van der Waals surface area contributed by atoms with Crippen molar-refractivity contribution in [1.82, 2.24) is 0 Å². The molecule has 1 aromatic heterocycles. The fourth-order valence-electron chi connectivity index (χ4n) is 3.65. The van der Waals surface area contributed by atoms with Crippen molar-refractivity contribution in [3.05, 3.63) is 45.3 Å². The van der Waals surface area contributed by atoms with Crippen LogP contribution in [-0.2, 0) is 22.4 Å². The van der Waals surface area contributed by atoms with Crippen molar-refractivity contribution < 1.29 is 19.5 Å². The molecule has 3 rings (SSSR count). The van der Waals surface area contributed by atoms with Gasteiger partial charge in [0.05, 0.1) is 5.56 Å². The second kappa shape index (κ2) is 10.1. The van der Waals surface area contributed by atoms with Gasteiger partial charge in [-0.15, -0.1) is 11.3 Å². The minimum Gasteiger partial charge on any atom is -0.481 e. The summed E-state index contributed by atoms with van der Waals surface area (Å²) in [5.74, 6) is -0.876. The third kappa shape index (κ3) is 5.61. The van der Waals surface area contributed by atoms with Crippen LogP contribution >= 0.6 is 22.9 Å². The van der Waals surface area contributed by atoms with E-state index in [9.17, 15) is 14.4 Å². The minimum absolute atomic E-state index is 0.0591. The zero-order valence-electron chi connectivity index (χ0n) is 16.8. The van der Waals surface area contributed by atoms with Gasteiger partial charge in [-0.25, -0.2) is 0 Å². The maximum absolute atomic E-state index is 13.1. The van der Waals surface area contributed by atoms with Gasteiger partial charge in [0.1, 0.15) is 5.00 Å². The first-order valence-corrected chi connectivity index (χ1v) is 11.3. The minimum atomic E-state index is -0.928. The third-order valence-electron chi connectivity index (χ3n) is 5.32. The molecule has 2 amide bonds. The van der Waals surface area contributed by atoms with Crippen LogP contribution in [0.4, 0.5) is 10.7 Å². The van der Waals surface area contributed by atoms with Gasteiger partial charge in [0.15, 0.2) is 0 Å². The summed E-state index contributed by atoms with van der Waals surface area (Å²) < 4.78 is 0. The molecule has 30 heavy (non-hydrogen) atoms. The first kappa shape index (κ1) is 22.3. The van der Waals surface area contributed by atoms with Crippen molar-refractivity contribution in [3.63, 3.8) is 0 Å². The normalized spacial score (nSPS) is 15.3. The van der Waals surface area contributed by atoms with E-state index >= 15 is 0 Å². The number of aliphatic carboxylic acids is 1. The highest BCUT2D eigenvalue weighted by Crippen LogP contribution is 2.41. The van der Waals surface area contributed by atoms with Crippen LogP contribution in [-0.4, -0.2) is 22.9 Å². The summed E-state index contributed by atoms with van der Waals surface area (Å²) in [5.41, 5.74) is 2.16. The van der Waals surface area contributed by atoms with Crippen molar-refractivity contribution in [2.24, 2.45) is 5.92 Å². The van der Waals surface area contributed by atoms with E-state index in [1.165, 1.54) is 11.3 Å². The maximum Gasteiger partial charge on any atom is 0.303 e. The van der Waals surface area contributed by atoms with Gasteiger partial charge in [0, 0.05) is 28.4 Å². The lowest BCUT2D eigenvalue weighted by molar-refractivity contribution is -0.137. The molecular formula is C22H25ClN2O4S. The van der Waals surface area contributed by atoms with Gasteiger partial charge in [0.2, 0.25) is 5.91 Å². The molecule has 160 valence electrons. The molecule has 0 bridgehead atoms. The molecule has 1 atom stereocenters. The number of anilines is 2. The first-order valence-electron chi connectivity index (χ1n) is 10.1. The fourth-order valence-corrected chi connectivity index (χ4v) is 5.15. The SMILES string of the molecule is CC[C@@H]1CCc2c(sc(NC(=O)CCCC(=O)O)c2C(=O)Nc2ccc(Cl)cc2)C1. The average molecular weight is 449 g/mol. The number of fused-ring (bicyclic) bond motifs is 1. The Morgan fingerprint density at radius 1 is 1.17 bits per heavy atom. The molecule has 2 aromatic rings. The monoisotopic (exact) mass is 448 g/mol. The standard InChI is InChI=1S/C22H25ClN2O4S/c1-2-13-6-11-16-17(12-13)30-22(25-18(26)4-3-5-19(27)28)20(16)21(29)24-15-9-7-14(23)8-10-15/h7-10,13H,2-6,11-12H2,1H3,(H,24,29)(H,25,26)(H,27,28)/t13-/m1/s1. The molecule has 0 saturated carbocycles. The number of carboxylic acid groups (broad SMARTS) is 1. The number of halogens is 1. The number of hydrogen-bond acceptors (Lipinski definition) is 4. The van der Waals surface area contributed by atoms with E-state index in [-0.39, 0.29) is 31.1 Å². The van der Waals surface area contributed by atoms with Crippen molar-refractivity contribution in [2.45, 2.75) is 51.9 Å². The second-order valence-electron chi connectivity index (χ2n) is 7.48. The topological polar surface area (TPSA) is 95.5 Å². The van der Waals surface area contributed by atoms with Gasteiger partial charge in [-0.3, -0.25) is 14.4 Å².